The zero-order valence-electron chi connectivity index (χ0n) is 16.6. The molecule has 9 nitrogen and oxygen atoms in total. The molecule has 0 unspecified atom stereocenters. The maximum absolute atomic E-state index is 12.3. The number of aromatic nitrogens is 2. The van der Waals surface area contributed by atoms with Crippen LogP contribution in [0.4, 0.5) is 5.69 Å². The molecule has 0 aliphatic heterocycles. The third kappa shape index (κ3) is 4.36. The van der Waals surface area contributed by atoms with Crippen molar-refractivity contribution in [3.05, 3.63) is 106 Å². The molecule has 0 aliphatic carbocycles. The number of aromatic hydroxyl groups is 1. The Kier molecular flexibility index (Phi) is 5.71. The molecule has 0 bridgehead atoms. The minimum atomic E-state index is -0.563. The van der Waals surface area contributed by atoms with Crippen LogP contribution in [0.2, 0.25) is 0 Å². The molecule has 0 atom stereocenters. The number of nitro groups is 1. The standard InChI is InChI=1S/C23H17N5O4/c29-21-9-5-4-8-20(21)23(30)25-24-14-17-15-27(18-6-2-1-3-7-18)26-22(17)16-10-12-19(13-11-16)28(31)32/h1-15,29H,(H,25,30)/b24-14+. The summed E-state index contributed by atoms with van der Waals surface area (Å²) in [5, 5.41) is 29.4. The molecule has 4 aromatic rings. The molecule has 32 heavy (non-hydrogen) atoms. The molecule has 2 N–H and O–H groups in total. The van der Waals surface area contributed by atoms with Crippen molar-refractivity contribution in [2.45, 2.75) is 0 Å². The molecular weight excluding hydrogens is 410 g/mol. The first-order chi connectivity index (χ1) is 15.5. The molecule has 1 heterocycles. The number of rotatable bonds is 6. The summed E-state index contributed by atoms with van der Waals surface area (Å²) in [4.78, 5) is 22.8. The average molecular weight is 427 g/mol. The quantitative estimate of drug-likeness (QED) is 0.274. The first kappa shape index (κ1) is 20.5. The number of phenols is 1. The molecule has 9 heteroatoms. The molecule has 0 aliphatic rings. The van der Waals surface area contributed by atoms with Crippen LogP contribution in [0.1, 0.15) is 15.9 Å². The third-order valence-corrected chi connectivity index (χ3v) is 4.63. The highest BCUT2D eigenvalue weighted by Gasteiger charge is 2.14. The number of carbonyl (C=O) groups is 1. The maximum Gasteiger partial charge on any atom is 0.275 e. The van der Waals surface area contributed by atoms with E-state index >= 15 is 0 Å². The van der Waals surface area contributed by atoms with Gasteiger partial charge in [0, 0.05) is 29.5 Å². The van der Waals surface area contributed by atoms with Gasteiger partial charge in [0.15, 0.2) is 0 Å². The largest absolute Gasteiger partial charge is 0.507 e. The Hall–Kier alpha value is -4.79. The van der Waals surface area contributed by atoms with E-state index < -0.39 is 10.8 Å². The zero-order valence-corrected chi connectivity index (χ0v) is 16.6. The normalized spacial score (nSPS) is 10.9. The molecule has 0 spiro atoms. The van der Waals surface area contributed by atoms with Gasteiger partial charge in [-0.15, -0.1) is 0 Å². The van der Waals surface area contributed by atoms with E-state index in [2.05, 4.69) is 15.6 Å². The van der Waals surface area contributed by atoms with Gasteiger partial charge in [-0.2, -0.15) is 10.2 Å². The maximum atomic E-state index is 12.3. The number of non-ortho nitro benzene ring substituents is 1. The predicted molar refractivity (Wildman–Crippen MR) is 119 cm³/mol. The van der Waals surface area contributed by atoms with Crippen LogP contribution in [0.3, 0.4) is 0 Å². The van der Waals surface area contributed by atoms with Crippen LogP contribution < -0.4 is 5.43 Å². The first-order valence-corrected chi connectivity index (χ1v) is 9.54. The van der Waals surface area contributed by atoms with Crippen LogP contribution in [0, 0.1) is 10.1 Å². The van der Waals surface area contributed by atoms with E-state index in [0.29, 0.717) is 16.8 Å². The Morgan fingerprint density at radius 1 is 1.03 bits per heavy atom. The molecule has 1 amide bonds. The lowest BCUT2D eigenvalue weighted by molar-refractivity contribution is -0.384. The molecule has 1 aromatic heterocycles. The van der Waals surface area contributed by atoms with Gasteiger partial charge in [-0.25, -0.2) is 10.1 Å². The number of benzene rings is 3. The lowest BCUT2D eigenvalue weighted by Gasteiger charge is -2.02. The second kappa shape index (κ2) is 8.92. The number of nitrogens with zero attached hydrogens (tertiary/aromatic N) is 4. The third-order valence-electron chi connectivity index (χ3n) is 4.63. The van der Waals surface area contributed by atoms with E-state index in [1.165, 1.54) is 30.5 Å². The molecule has 4 rings (SSSR count). The summed E-state index contributed by atoms with van der Waals surface area (Å²) in [6.07, 6.45) is 3.17. The Labute approximate surface area is 182 Å². The minimum Gasteiger partial charge on any atom is -0.507 e. The van der Waals surface area contributed by atoms with Gasteiger partial charge in [0.05, 0.1) is 22.4 Å². The number of hydrogen-bond donors (Lipinski definition) is 2. The van der Waals surface area contributed by atoms with Crippen molar-refractivity contribution in [1.82, 2.24) is 15.2 Å². The van der Waals surface area contributed by atoms with Gasteiger partial charge in [-0.05, 0) is 36.4 Å². The summed E-state index contributed by atoms with van der Waals surface area (Å²) >= 11 is 0. The molecule has 0 saturated heterocycles. The van der Waals surface area contributed by atoms with Crippen molar-refractivity contribution in [3.8, 4) is 22.7 Å². The van der Waals surface area contributed by atoms with E-state index in [1.54, 1.807) is 35.1 Å². The average Bonchev–Trinajstić information content (AvgIpc) is 3.24. The van der Waals surface area contributed by atoms with E-state index in [0.717, 1.165) is 5.69 Å². The van der Waals surface area contributed by atoms with Crippen molar-refractivity contribution in [2.24, 2.45) is 5.10 Å². The van der Waals surface area contributed by atoms with Crippen LogP contribution in [0.5, 0.6) is 5.75 Å². The van der Waals surface area contributed by atoms with Crippen LogP contribution in [-0.4, -0.2) is 31.9 Å². The highest BCUT2D eigenvalue weighted by atomic mass is 16.6. The smallest absolute Gasteiger partial charge is 0.275 e. The SMILES string of the molecule is O=C(N/N=C/c1cn(-c2ccccc2)nc1-c1ccc([N+](=O)[O-])cc1)c1ccccc1O. The van der Waals surface area contributed by atoms with Gasteiger partial charge < -0.3 is 5.11 Å². The second-order valence-electron chi connectivity index (χ2n) is 6.73. The van der Waals surface area contributed by atoms with Crippen LogP contribution in [0.15, 0.2) is 90.2 Å². The summed E-state index contributed by atoms with van der Waals surface area (Å²) < 4.78 is 1.66. The molecule has 0 saturated carbocycles. The van der Waals surface area contributed by atoms with E-state index in [-0.39, 0.29) is 17.0 Å². The zero-order chi connectivity index (χ0) is 22.5. The summed E-state index contributed by atoms with van der Waals surface area (Å²) in [5.41, 5.74) is 5.04. The Bertz CT molecular complexity index is 1300. The Morgan fingerprint density at radius 3 is 2.41 bits per heavy atom. The number of phenolic OH excluding ortho intramolecular Hbond substituents is 1. The summed E-state index contributed by atoms with van der Waals surface area (Å²) in [7, 11) is 0. The van der Waals surface area contributed by atoms with Crippen LogP contribution in [0.25, 0.3) is 16.9 Å². The van der Waals surface area contributed by atoms with E-state index in [4.69, 9.17) is 0 Å². The van der Waals surface area contributed by atoms with Crippen LogP contribution in [-0.2, 0) is 0 Å². The number of nitro benzene ring substituents is 1. The van der Waals surface area contributed by atoms with E-state index in [1.807, 2.05) is 30.3 Å². The lowest BCUT2D eigenvalue weighted by atomic mass is 10.1. The van der Waals surface area contributed by atoms with Crippen molar-refractivity contribution >= 4 is 17.8 Å². The fourth-order valence-corrected chi connectivity index (χ4v) is 3.05. The van der Waals surface area contributed by atoms with Gasteiger partial charge in [0.1, 0.15) is 11.4 Å². The number of para-hydroxylation sites is 2. The molecule has 158 valence electrons. The molecule has 0 fully saturated rings. The summed E-state index contributed by atoms with van der Waals surface area (Å²) in [6.45, 7) is 0. The Balaban J connectivity index is 1.66. The monoisotopic (exact) mass is 427 g/mol. The topological polar surface area (TPSA) is 123 Å². The van der Waals surface area contributed by atoms with Gasteiger partial charge in [-0.3, -0.25) is 14.9 Å². The number of amides is 1. The molecular formula is C23H17N5O4. The molecule has 0 radical (unpaired) electrons. The van der Waals surface area contributed by atoms with Gasteiger partial charge >= 0.3 is 0 Å². The van der Waals surface area contributed by atoms with Crippen molar-refractivity contribution in [1.29, 1.82) is 0 Å². The number of hydrogen-bond acceptors (Lipinski definition) is 6. The van der Waals surface area contributed by atoms with E-state index in [9.17, 15) is 20.0 Å². The van der Waals surface area contributed by atoms with Crippen molar-refractivity contribution < 1.29 is 14.8 Å². The fourth-order valence-electron chi connectivity index (χ4n) is 3.05. The number of hydrazone groups is 1. The highest BCUT2D eigenvalue weighted by molar-refractivity contribution is 5.97. The second-order valence-corrected chi connectivity index (χ2v) is 6.73. The predicted octanol–water partition coefficient (Wildman–Crippen LogP) is 3.92. The molecule has 3 aromatic carbocycles. The minimum absolute atomic E-state index is 0.0265. The van der Waals surface area contributed by atoms with Gasteiger partial charge in [0.25, 0.3) is 11.6 Å². The first-order valence-electron chi connectivity index (χ1n) is 9.54. The number of carbonyl (C=O) groups excluding carboxylic acids is 1. The van der Waals surface area contributed by atoms with Crippen molar-refractivity contribution in [2.75, 3.05) is 0 Å². The summed E-state index contributed by atoms with van der Waals surface area (Å²) in [6, 6.07) is 21.6. The Morgan fingerprint density at radius 2 is 1.72 bits per heavy atom. The van der Waals surface area contributed by atoms with Crippen LogP contribution >= 0.6 is 0 Å². The van der Waals surface area contributed by atoms with Gasteiger partial charge in [-0.1, -0.05) is 30.3 Å². The fraction of sp³-hybridized carbons (Fsp3) is 0. The summed E-state index contributed by atoms with van der Waals surface area (Å²) in [5.74, 6) is -0.713. The van der Waals surface area contributed by atoms with Gasteiger partial charge in [0.2, 0.25) is 0 Å². The lowest BCUT2D eigenvalue weighted by Crippen LogP contribution is -2.17. The number of nitrogens with one attached hydrogen (secondary N) is 1. The highest BCUT2D eigenvalue weighted by Crippen LogP contribution is 2.25. The van der Waals surface area contributed by atoms with Crippen molar-refractivity contribution in [3.63, 3.8) is 0 Å².